The molecule has 0 heterocycles. The van der Waals surface area contributed by atoms with Gasteiger partial charge in [0.1, 0.15) is 6.61 Å². The van der Waals surface area contributed by atoms with Crippen LogP contribution in [0.2, 0.25) is 5.02 Å². The highest BCUT2D eigenvalue weighted by molar-refractivity contribution is 6.30. The highest BCUT2D eigenvalue weighted by Gasteiger charge is 2.03. The van der Waals surface area contributed by atoms with Crippen molar-refractivity contribution in [2.24, 2.45) is 5.16 Å². The number of nitro groups is 1. The van der Waals surface area contributed by atoms with Gasteiger partial charge in [-0.25, -0.2) is 0 Å². The Morgan fingerprint density at radius 2 is 1.80 bits per heavy atom. The fourth-order valence-corrected chi connectivity index (χ4v) is 1.60. The minimum atomic E-state index is -0.441. The molecule has 0 aliphatic heterocycles. The standard InChI is InChI=1S/C14H11ClN2O3/c15-13-5-1-11(2-6-13)9-16-20-10-12-3-7-14(8-4-12)17(18)19/h1-9H,10H2/b16-9-. The number of nitro benzene ring substituents is 1. The van der Waals surface area contributed by atoms with Crippen LogP contribution in [0.15, 0.2) is 53.7 Å². The normalized spacial score (nSPS) is 10.7. The van der Waals surface area contributed by atoms with E-state index in [0.717, 1.165) is 11.1 Å². The highest BCUT2D eigenvalue weighted by atomic mass is 35.5. The number of hydrogen-bond donors (Lipinski definition) is 0. The second kappa shape index (κ2) is 6.68. The van der Waals surface area contributed by atoms with Crippen LogP contribution in [0, 0.1) is 10.1 Å². The average molecular weight is 291 g/mol. The second-order valence-electron chi connectivity index (χ2n) is 3.98. The number of rotatable bonds is 5. The summed E-state index contributed by atoms with van der Waals surface area (Å²) >= 11 is 5.76. The van der Waals surface area contributed by atoms with E-state index in [4.69, 9.17) is 16.4 Å². The lowest BCUT2D eigenvalue weighted by Gasteiger charge is -1.99. The fraction of sp³-hybridized carbons (Fsp3) is 0.0714. The van der Waals surface area contributed by atoms with Crippen molar-refractivity contribution in [1.29, 1.82) is 0 Å². The molecule has 0 radical (unpaired) electrons. The average Bonchev–Trinajstić information content (AvgIpc) is 2.46. The van der Waals surface area contributed by atoms with Gasteiger partial charge in [0.25, 0.3) is 5.69 Å². The first-order valence-corrected chi connectivity index (χ1v) is 6.17. The van der Waals surface area contributed by atoms with Crippen molar-refractivity contribution in [3.05, 3.63) is 74.8 Å². The molecule has 0 N–H and O–H groups in total. The molecule has 0 atom stereocenters. The van der Waals surface area contributed by atoms with Crippen LogP contribution in [0.3, 0.4) is 0 Å². The summed E-state index contributed by atoms with van der Waals surface area (Å²) < 4.78 is 0. The third kappa shape index (κ3) is 4.07. The molecule has 0 saturated heterocycles. The first kappa shape index (κ1) is 14.0. The Labute approximate surface area is 120 Å². The minimum Gasteiger partial charge on any atom is -0.391 e. The van der Waals surface area contributed by atoms with Crippen LogP contribution in [-0.2, 0) is 11.4 Å². The maximum atomic E-state index is 10.5. The van der Waals surface area contributed by atoms with E-state index in [0.29, 0.717) is 5.02 Å². The van der Waals surface area contributed by atoms with E-state index in [-0.39, 0.29) is 12.3 Å². The maximum absolute atomic E-state index is 10.5. The second-order valence-corrected chi connectivity index (χ2v) is 4.42. The largest absolute Gasteiger partial charge is 0.391 e. The molecule has 6 heteroatoms. The van der Waals surface area contributed by atoms with E-state index in [1.54, 1.807) is 30.5 Å². The van der Waals surface area contributed by atoms with E-state index in [1.807, 2.05) is 12.1 Å². The number of hydrogen-bond acceptors (Lipinski definition) is 4. The van der Waals surface area contributed by atoms with Crippen LogP contribution in [0.1, 0.15) is 11.1 Å². The van der Waals surface area contributed by atoms with Crippen molar-refractivity contribution in [2.45, 2.75) is 6.61 Å². The monoisotopic (exact) mass is 290 g/mol. The number of oxime groups is 1. The summed E-state index contributed by atoms with van der Waals surface area (Å²) in [6.45, 7) is 0.252. The van der Waals surface area contributed by atoms with Gasteiger partial charge < -0.3 is 4.84 Å². The number of halogens is 1. The molecule has 0 unspecified atom stereocenters. The molecule has 0 amide bonds. The summed E-state index contributed by atoms with van der Waals surface area (Å²) in [5.74, 6) is 0. The van der Waals surface area contributed by atoms with E-state index in [9.17, 15) is 10.1 Å². The van der Waals surface area contributed by atoms with Crippen LogP contribution in [0.5, 0.6) is 0 Å². The Hall–Kier alpha value is -2.40. The van der Waals surface area contributed by atoms with E-state index >= 15 is 0 Å². The molecule has 0 saturated carbocycles. The molecule has 0 fully saturated rings. The van der Waals surface area contributed by atoms with Crippen molar-refractivity contribution in [3.63, 3.8) is 0 Å². The Kier molecular flexibility index (Phi) is 4.68. The molecule has 2 aromatic rings. The SMILES string of the molecule is O=[N+]([O-])c1ccc(CO/N=C\c2ccc(Cl)cc2)cc1. The van der Waals surface area contributed by atoms with Gasteiger partial charge in [0.05, 0.1) is 11.1 Å². The van der Waals surface area contributed by atoms with Crippen molar-refractivity contribution >= 4 is 23.5 Å². The molecular formula is C14H11ClN2O3. The summed E-state index contributed by atoms with van der Waals surface area (Å²) in [6.07, 6.45) is 1.57. The first-order chi connectivity index (χ1) is 9.65. The zero-order valence-electron chi connectivity index (χ0n) is 10.4. The molecular weight excluding hydrogens is 280 g/mol. The Balaban J connectivity index is 1.86. The third-order valence-electron chi connectivity index (χ3n) is 2.52. The summed E-state index contributed by atoms with van der Waals surface area (Å²) in [5, 5.41) is 15.0. The number of non-ortho nitro benzene ring substituents is 1. The predicted octanol–water partition coefficient (Wildman–Crippen LogP) is 3.80. The molecule has 2 aromatic carbocycles. The van der Waals surface area contributed by atoms with Gasteiger partial charge in [0.2, 0.25) is 0 Å². The summed E-state index contributed by atoms with van der Waals surface area (Å²) in [6, 6.07) is 13.3. The number of nitrogens with zero attached hydrogens (tertiary/aromatic N) is 2. The Bertz CT molecular complexity index is 609. The van der Waals surface area contributed by atoms with Crippen LogP contribution in [0.25, 0.3) is 0 Å². The lowest BCUT2D eigenvalue weighted by Crippen LogP contribution is -1.91. The van der Waals surface area contributed by atoms with Crippen molar-refractivity contribution in [2.75, 3.05) is 0 Å². The van der Waals surface area contributed by atoms with Crippen LogP contribution in [0.4, 0.5) is 5.69 Å². The Morgan fingerprint density at radius 3 is 2.40 bits per heavy atom. The van der Waals surface area contributed by atoms with E-state index in [2.05, 4.69) is 5.16 Å². The molecule has 0 spiro atoms. The maximum Gasteiger partial charge on any atom is 0.269 e. The van der Waals surface area contributed by atoms with Gasteiger partial charge in [-0.05, 0) is 35.4 Å². The molecule has 0 aliphatic carbocycles. The van der Waals surface area contributed by atoms with Gasteiger partial charge in [-0.15, -0.1) is 0 Å². The van der Waals surface area contributed by atoms with Crippen molar-refractivity contribution < 1.29 is 9.76 Å². The molecule has 20 heavy (non-hydrogen) atoms. The fourth-order valence-electron chi connectivity index (χ4n) is 1.47. The van der Waals surface area contributed by atoms with Gasteiger partial charge in [0, 0.05) is 17.2 Å². The van der Waals surface area contributed by atoms with E-state index in [1.165, 1.54) is 12.1 Å². The summed E-state index contributed by atoms with van der Waals surface area (Å²) in [5.41, 5.74) is 1.74. The smallest absolute Gasteiger partial charge is 0.269 e. The molecule has 2 rings (SSSR count). The third-order valence-corrected chi connectivity index (χ3v) is 2.78. The van der Waals surface area contributed by atoms with Crippen LogP contribution < -0.4 is 0 Å². The summed E-state index contributed by atoms with van der Waals surface area (Å²) in [4.78, 5) is 15.2. The molecule has 0 aliphatic rings. The molecule has 102 valence electrons. The summed E-state index contributed by atoms with van der Waals surface area (Å²) in [7, 11) is 0. The minimum absolute atomic E-state index is 0.0541. The van der Waals surface area contributed by atoms with Gasteiger partial charge in [0.15, 0.2) is 0 Å². The quantitative estimate of drug-likeness (QED) is 0.478. The lowest BCUT2D eigenvalue weighted by molar-refractivity contribution is -0.384. The first-order valence-electron chi connectivity index (χ1n) is 5.79. The van der Waals surface area contributed by atoms with Crippen molar-refractivity contribution in [1.82, 2.24) is 0 Å². The van der Waals surface area contributed by atoms with Crippen LogP contribution in [-0.4, -0.2) is 11.1 Å². The molecule has 5 nitrogen and oxygen atoms in total. The van der Waals surface area contributed by atoms with Gasteiger partial charge in [-0.3, -0.25) is 10.1 Å². The molecule has 0 aromatic heterocycles. The molecule has 0 bridgehead atoms. The van der Waals surface area contributed by atoms with Crippen LogP contribution >= 0.6 is 11.6 Å². The van der Waals surface area contributed by atoms with Gasteiger partial charge in [-0.2, -0.15) is 0 Å². The van der Waals surface area contributed by atoms with Gasteiger partial charge in [-0.1, -0.05) is 28.9 Å². The van der Waals surface area contributed by atoms with Crippen molar-refractivity contribution in [3.8, 4) is 0 Å². The zero-order chi connectivity index (χ0) is 14.4. The topological polar surface area (TPSA) is 64.7 Å². The van der Waals surface area contributed by atoms with E-state index < -0.39 is 4.92 Å². The lowest BCUT2D eigenvalue weighted by atomic mass is 10.2. The Morgan fingerprint density at radius 1 is 1.15 bits per heavy atom. The van der Waals surface area contributed by atoms with Gasteiger partial charge >= 0.3 is 0 Å². The number of benzene rings is 2. The highest BCUT2D eigenvalue weighted by Crippen LogP contribution is 2.12. The zero-order valence-corrected chi connectivity index (χ0v) is 11.2. The predicted molar refractivity (Wildman–Crippen MR) is 76.9 cm³/mol.